The second-order valence-corrected chi connectivity index (χ2v) is 3.35. The summed E-state index contributed by atoms with van der Waals surface area (Å²) in [5.41, 5.74) is 5.29. The van der Waals surface area contributed by atoms with Gasteiger partial charge in [-0.1, -0.05) is 6.08 Å². The summed E-state index contributed by atoms with van der Waals surface area (Å²) in [5.74, 6) is -1.89. The van der Waals surface area contributed by atoms with E-state index in [0.29, 0.717) is 19.8 Å². The van der Waals surface area contributed by atoms with Crippen LogP contribution in [0.3, 0.4) is 0 Å². The molecule has 0 amide bonds. The van der Waals surface area contributed by atoms with Crippen molar-refractivity contribution in [3.8, 4) is 0 Å². The largest absolute Gasteiger partial charge is 0.481 e. The van der Waals surface area contributed by atoms with Crippen LogP contribution in [0.4, 0.5) is 0 Å². The van der Waals surface area contributed by atoms with Gasteiger partial charge < -0.3 is 25.1 Å². The highest BCUT2D eigenvalue weighted by atomic mass is 16.6. The number of hydrogen-bond acceptors (Lipinski definition) is 6. The fourth-order valence-electron chi connectivity index (χ4n) is 0.966. The molecule has 0 aromatic carbocycles. The Kier molecular flexibility index (Phi) is 9.84. The third kappa shape index (κ3) is 9.76. The molecular weight excluding hydrogens is 242 g/mol. The van der Waals surface area contributed by atoms with Gasteiger partial charge in [-0.3, -0.25) is 9.59 Å². The Morgan fingerprint density at radius 2 is 1.83 bits per heavy atom. The molecule has 0 saturated heterocycles. The molecule has 0 fully saturated rings. The highest BCUT2D eigenvalue weighted by Gasteiger charge is 2.18. The second kappa shape index (κ2) is 10.7. The lowest BCUT2D eigenvalue weighted by molar-refractivity contribution is -0.150. The van der Waals surface area contributed by atoms with Gasteiger partial charge in [-0.25, -0.2) is 0 Å². The van der Waals surface area contributed by atoms with E-state index in [4.69, 9.17) is 25.1 Å². The lowest BCUT2D eigenvalue weighted by Crippen LogP contribution is -2.35. The maximum absolute atomic E-state index is 11.2. The molecule has 7 nitrogen and oxygen atoms in total. The van der Waals surface area contributed by atoms with Crippen LogP contribution in [0, 0.1) is 0 Å². The summed E-state index contributed by atoms with van der Waals surface area (Å²) in [7, 11) is 0. The van der Waals surface area contributed by atoms with Crippen LogP contribution >= 0.6 is 0 Å². The van der Waals surface area contributed by atoms with E-state index >= 15 is 0 Å². The number of ether oxygens (including phenoxy) is 3. The molecule has 0 spiro atoms. The number of nitrogens with two attached hydrogens (primary N) is 1. The quantitative estimate of drug-likeness (QED) is 0.294. The highest BCUT2D eigenvalue weighted by molar-refractivity contribution is 5.81. The molecule has 1 unspecified atom stereocenters. The first-order valence-corrected chi connectivity index (χ1v) is 5.48. The Morgan fingerprint density at radius 3 is 2.44 bits per heavy atom. The van der Waals surface area contributed by atoms with E-state index in [1.54, 1.807) is 6.08 Å². The summed E-state index contributed by atoms with van der Waals surface area (Å²) in [6, 6.07) is -1.14. The summed E-state index contributed by atoms with van der Waals surface area (Å²) in [6.07, 6.45) is 1.18. The molecule has 1 atom stereocenters. The topological polar surface area (TPSA) is 108 Å². The van der Waals surface area contributed by atoms with Crippen molar-refractivity contribution in [3.63, 3.8) is 0 Å². The molecule has 0 aliphatic rings. The average molecular weight is 261 g/mol. The molecule has 0 radical (unpaired) electrons. The zero-order valence-corrected chi connectivity index (χ0v) is 10.2. The Bertz CT molecular complexity index is 268. The SMILES string of the molecule is C=CCOCCOCCOC(=O)C(N)CC(=O)O. The number of aliphatic carboxylic acids is 1. The van der Waals surface area contributed by atoms with Crippen LogP contribution in [0.5, 0.6) is 0 Å². The molecule has 0 aliphatic carbocycles. The number of rotatable bonds is 11. The van der Waals surface area contributed by atoms with Gasteiger partial charge in [-0.15, -0.1) is 6.58 Å². The monoisotopic (exact) mass is 261 g/mol. The van der Waals surface area contributed by atoms with Crippen molar-refractivity contribution in [1.82, 2.24) is 0 Å². The minimum atomic E-state index is -1.14. The van der Waals surface area contributed by atoms with Crippen molar-refractivity contribution in [2.24, 2.45) is 5.73 Å². The predicted molar refractivity (Wildman–Crippen MR) is 63.0 cm³/mol. The zero-order valence-electron chi connectivity index (χ0n) is 10.2. The first kappa shape index (κ1) is 16.6. The van der Waals surface area contributed by atoms with E-state index in [0.717, 1.165) is 0 Å². The Hall–Kier alpha value is -1.44. The molecule has 0 bridgehead atoms. The van der Waals surface area contributed by atoms with E-state index < -0.39 is 24.4 Å². The minimum absolute atomic E-state index is 0.0353. The molecule has 0 aromatic rings. The number of hydrogen-bond donors (Lipinski definition) is 2. The maximum atomic E-state index is 11.2. The minimum Gasteiger partial charge on any atom is -0.481 e. The van der Waals surface area contributed by atoms with Crippen molar-refractivity contribution < 1.29 is 28.9 Å². The second-order valence-electron chi connectivity index (χ2n) is 3.35. The predicted octanol–water partition coefficient (Wildman–Crippen LogP) is -0.449. The van der Waals surface area contributed by atoms with E-state index in [-0.39, 0.29) is 13.2 Å². The van der Waals surface area contributed by atoms with E-state index in [1.165, 1.54) is 0 Å². The molecule has 18 heavy (non-hydrogen) atoms. The smallest absolute Gasteiger partial charge is 0.323 e. The molecule has 0 saturated carbocycles. The Labute approximate surface area is 105 Å². The fraction of sp³-hybridized carbons (Fsp3) is 0.636. The van der Waals surface area contributed by atoms with Crippen LogP contribution in [0.15, 0.2) is 12.7 Å². The average Bonchev–Trinajstić information content (AvgIpc) is 2.31. The van der Waals surface area contributed by atoms with Crippen molar-refractivity contribution >= 4 is 11.9 Å². The third-order valence-corrected chi connectivity index (χ3v) is 1.78. The molecule has 0 aromatic heterocycles. The summed E-state index contributed by atoms with van der Waals surface area (Å²) in [6.45, 7) is 5.01. The van der Waals surface area contributed by atoms with Gasteiger partial charge in [0, 0.05) is 0 Å². The zero-order chi connectivity index (χ0) is 13.8. The maximum Gasteiger partial charge on any atom is 0.323 e. The van der Waals surface area contributed by atoms with E-state index in [9.17, 15) is 9.59 Å². The number of carbonyl (C=O) groups excluding carboxylic acids is 1. The van der Waals surface area contributed by atoms with Crippen LogP contribution in [-0.4, -0.2) is 56.1 Å². The molecule has 0 aliphatic heterocycles. The van der Waals surface area contributed by atoms with E-state index in [2.05, 4.69) is 6.58 Å². The summed E-state index contributed by atoms with van der Waals surface area (Å²) < 4.78 is 14.9. The van der Waals surface area contributed by atoms with Crippen LogP contribution < -0.4 is 5.73 Å². The molecule has 104 valence electrons. The summed E-state index contributed by atoms with van der Waals surface area (Å²) in [4.78, 5) is 21.4. The van der Waals surface area contributed by atoms with Gasteiger partial charge in [-0.05, 0) is 0 Å². The Balaban J connectivity index is 3.40. The van der Waals surface area contributed by atoms with Gasteiger partial charge in [-0.2, -0.15) is 0 Å². The lowest BCUT2D eigenvalue weighted by Gasteiger charge is -2.09. The van der Waals surface area contributed by atoms with Gasteiger partial charge in [0.05, 0.1) is 32.8 Å². The molecule has 0 heterocycles. The number of carbonyl (C=O) groups is 2. The van der Waals surface area contributed by atoms with Gasteiger partial charge in [0.25, 0.3) is 0 Å². The summed E-state index contributed by atoms with van der Waals surface area (Å²) in [5, 5.41) is 8.41. The lowest BCUT2D eigenvalue weighted by atomic mass is 10.2. The normalized spacial score (nSPS) is 11.8. The van der Waals surface area contributed by atoms with Crippen LogP contribution in [-0.2, 0) is 23.8 Å². The van der Waals surface area contributed by atoms with Crippen LogP contribution in [0.1, 0.15) is 6.42 Å². The standard InChI is InChI=1S/C11H19NO6/c1-2-3-16-4-5-17-6-7-18-11(15)9(12)8-10(13)14/h2,9H,1,3-8,12H2,(H,13,14). The van der Waals surface area contributed by atoms with Crippen molar-refractivity contribution in [2.45, 2.75) is 12.5 Å². The van der Waals surface area contributed by atoms with Gasteiger partial charge >= 0.3 is 11.9 Å². The van der Waals surface area contributed by atoms with Gasteiger partial charge in [0.2, 0.25) is 0 Å². The van der Waals surface area contributed by atoms with Crippen LogP contribution in [0.2, 0.25) is 0 Å². The molecule has 3 N–H and O–H groups in total. The molecular formula is C11H19NO6. The highest BCUT2D eigenvalue weighted by Crippen LogP contribution is 1.92. The number of carboxylic acid groups (broad SMARTS) is 1. The van der Waals surface area contributed by atoms with Crippen molar-refractivity contribution in [1.29, 1.82) is 0 Å². The third-order valence-electron chi connectivity index (χ3n) is 1.78. The van der Waals surface area contributed by atoms with E-state index in [1.807, 2.05) is 0 Å². The van der Waals surface area contributed by atoms with Crippen molar-refractivity contribution in [2.75, 3.05) is 33.0 Å². The van der Waals surface area contributed by atoms with Gasteiger partial charge in [0.1, 0.15) is 12.6 Å². The van der Waals surface area contributed by atoms with Crippen LogP contribution in [0.25, 0.3) is 0 Å². The Morgan fingerprint density at radius 1 is 1.22 bits per heavy atom. The first-order valence-electron chi connectivity index (χ1n) is 5.48. The number of esters is 1. The van der Waals surface area contributed by atoms with Gasteiger partial charge in [0.15, 0.2) is 0 Å². The number of carboxylic acids is 1. The first-order chi connectivity index (χ1) is 8.57. The molecule has 7 heteroatoms. The molecule has 0 rings (SSSR count). The fourth-order valence-corrected chi connectivity index (χ4v) is 0.966. The van der Waals surface area contributed by atoms with Crippen molar-refractivity contribution in [3.05, 3.63) is 12.7 Å². The summed E-state index contributed by atoms with van der Waals surface area (Å²) >= 11 is 0.